The summed E-state index contributed by atoms with van der Waals surface area (Å²) in [4.78, 5) is 0. The van der Waals surface area contributed by atoms with E-state index < -0.39 is 74.5 Å². The van der Waals surface area contributed by atoms with Crippen LogP contribution >= 0.6 is 0 Å². The number of nitrogens with two attached hydrogens (primary N) is 1. The zero-order valence-corrected chi connectivity index (χ0v) is 12.4. The van der Waals surface area contributed by atoms with Crippen molar-refractivity contribution in [3.8, 4) is 0 Å². The molecule has 0 radical (unpaired) electrons. The van der Waals surface area contributed by atoms with Crippen molar-refractivity contribution in [1.82, 2.24) is 0 Å². The Labute approximate surface area is 132 Å². The first-order valence-electron chi connectivity index (χ1n) is 7.00. The van der Waals surface area contributed by atoms with Crippen LogP contribution in [0.2, 0.25) is 0 Å². The maximum Gasteiger partial charge on any atom is 0.111 e. The molecule has 0 aromatic heterocycles. The van der Waals surface area contributed by atoms with E-state index in [0.717, 1.165) is 0 Å². The molecule has 12 N–H and O–H groups in total. The van der Waals surface area contributed by atoms with Gasteiger partial charge < -0.3 is 56.8 Å². The first-order chi connectivity index (χ1) is 10.6. The van der Waals surface area contributed by atoms with Crippen LogP contribution in [0.15, 0.2) is 0 Å². The van der Waals surface area contributed by atoms with E-state index in [1.165, 1.54) is 0 Å². The monoisotopic (exact) mass is 345 g/mol. The normalized spacial score (nSPS) is 24.1. The minimum Gasteiger partial charge on any atom is -0.394 e. The molecule has 3 unspecified atom stereocenters. The lowest BCUT2D eigenvalue weighted by Gasteiger charge is -2.32. The largest absolute Gasteiger partial charge is 0.394 e. The van der Waals surface area contributed by atoms with Gasteiger partial charge in [0.05, 0.1) is 25.4 Å². The summed E-state index contributed by atoms with van der Waals surface area (Å²) < 4.78 is 0. The SMILES string of the molecule is NC(CC(O)[C@H](O)[C@H](O)[C@H](O)CO)C(O)[C@H](O)[C@H](O)[C@H](O)CO. The average molecular weight is 345 g/mol. The Morgan fingerprint density at radius 1 is 0.522 bits per heavy atom. The van der Waals surface area contributed by atoms with Crippen molar-refractivity contribution >= 4 is 0 Å². The van der Waals surface area contributed by atoms with Crippen LogP contribution in [0.4, 0.5) is 0 Å². The fraction of sp³-hybridized carbons (Fsp3) is 1.00. The molecule has 0 bridgehead atoms. The van der Waals surface area contributed by atoms with Crippen molar-refractivity contribution in [3.05, 3.63) is 0 Å². The second kappa shape index (κ2) is 10.4. The molecule has 0 spiro atoms. The lowest BCUT2D eigenvalue weighted by molar-refractivity contribution is -0.133. The van der Waals surface area contributed by atoms with Crippen LogP contribution in [0.25, 0.3) is 0 Å². The molecule has 23 heavy (non-hydrogen) atoms. The summed E-state index contributed by atoms with van der Waals surface area (Å²) in [7, 11) is 0. The number of hydrogen-bond donors (Lipinski definition) is 11. The first-order valence-corrected chi connectivity index (χ1v) is 7.00. The van der Waals surface area contributed by atoms with Crippen LogP contribution in [0.3, 0.4) is 0 Å². The van der Waals surface area contributed by atoms with Crippen LogP contribution in [-0.4, -0.2) is 119 Å². The molecule has 0 saturated heterocycles. The fourth-order valence-corrected chi connectivity index (χ4v) is 1.91. The van der Waals surface area contributed by atoms with Gasteiger partial charge in [0.2, 0.25) is 0 Å². The van der Waals surface area contributed by atoms with Crippen LogP contribution in [-0.2, 0) is 0 Å². The summed E-state index contributed by atoms with van der Waals surface area (Å²) in [6.45, 7) is -1.73. The topological polar surface area (TPSA) is 228 Å². The Morgan fingerprint density at radius 2 is 0.870 bits per heavy atom. The molecule has 140 valence electrons. The highest BCUT2D eigenvalue weighted by molar-refractivity contribution is 4.90. The van der Waals surface area contributed by atoms with Crippen LogP contribution < -0.4 is 5.73 Å². The summed E-state index contributed by atoms with van der Waals surface area (Å²) in [6, 6.07) is -1.38. The van der Waals surface area contributed by atoms with Gasteiger partial charge in [-0.15, -0.1) is 0 Å². The predicted molar refractivity (Wildman–Crippen MR) is 74.8 cm³/mol. The van der Waals surface area contributed by atoms with Crippen molar-refractivity contribution in [1.29, 1.82) is 0 Å². The smallest absolute Gasteiger partial charge is 0.111 e. The molecule has 0 fully saturated rings. The first kappa shape index (κ1) is 22.6. The second-order valence-electron chi connectivity index (χ2n) is 5.42. The van der Waals surface area contributed by atoms with E-state index in [1.807, 2.05) is 0 Å². The van der Waals surface area contributed by atoms with Gasteiger partial charge in [-0.3, -0.25) is 0 Å². The van der Waals surface area contributed by atoms with Crippen molar-refractivity contribution in [2.75, 3.05) is 13.2 Å². The molecule has 9 atom stereocenters. The Bertz CT molecular complexity index is 322. The van der Waals surface area contributed by atoms with E-state index in [9.17, 15) is 35.7 Å². The molecule has 0 aliphatic heterocycles. The van der Waals surface area contributed by atoms with E-state index in [1.54, 1.807) is 0 Å². The molecular formula is C12H27NO10. The van der Waals surface area contributed by atoms with Gasteiger partial charge in [0.1, 0.15) is 36.6 Å². The van der Waals surface area contributed by atoms with E-state index in [2.05, 4.69) is 0 Å². The summed E-state index contributed by atoms with van der Waals surface area (Å²) in [5, 5.41) is 93.2. The van der Waals surface area contributed by atoms with Crippen LogP contribution in [0, 0.1) is 0 Å². The molecule has 0 aromatic rings. The zero-order valence-electron chi connectivity index (χ0n) is 12.4. The Hall–Kier alpha value is -0.440. The zero-order chi connectivity index (χ0) is 18.3. The van der Waals surface area contributed by atoms with Gasteiger partial charge in [-0.2, -0.15) is 0 Å². The van der Waals surface area contributed by atoms with E-state index in [-0.39, 0.29) is 0 Å². The van der Waals surface area contributed by atoms with Gasteiger partial charge in [-0.1, -0.05) is 0 Å². The van der Waals surface area contributed by atoms with Crippen molar-refractivity contribution in [3.63, 3.8) is 0 Å². The molecule has 0 saturated carbocycles. The van der Waals surface area contributed by atoms with Gasteiger partial charge in [-0.05, 0) is 6.42 Å². The Kier molecular flexibility index (Phi) is 10.2. The summed E-state index contributed by atoms with van der Waals surface area (Å²) in [5.41, 5.74) is 5.52. The number of hydrogen-bond acceptors (Lipinski definition) is 11. The van der Waals surface area contributed by atoms with Gasteiger partial charge in [0.25, 0.3) is 0 Å². The quantitative estimate of drug-likeness (QED) is 0.169. The maximum atomic E-state index is 9.75. The molecular weight excluding hydrogens is 318 g/mol. The summed E-state index contributed by atoms with van der Waals surface area (Å²) in [6.07, 6.45) is -15.1. The Morgan fingerprint density at radius 3 is 1.26 bits per heavy atom. The molecule has 0 rings (SSSR count). The van der Waals surface area contributed by atoms with Gasteiger partial charge >= 0.3 is 0 Å². The van der Waals surface area contributed by atoms with Crippen molar-refractivity contribution in [2.24, 2.45) is 5.73 Å². The predicted octanol–water partition coefficient (Wildman–Crippen LogP) is -6.42. The summed E-state index contributed by atoms with van der Waals surface area (Å²) >= 11 is 0. The molecule has 11 heteroatoms. The lowest BCUT2D eigenvalue weighted by atomic mass is 9.92. The molecule has 0 aliphatic rings. The minimum absolute atomic E-state index is 0.545. The van der Waals surface area contributed by atoms with E-state index in [4.69, 9.17) is 21.1 Å². The summed E-state index contributed by atoms with van der Waals surface area (Å²) in [5.74, 6) is 0. The van der Waals surface area contributed by atoms with Crippen LogP contribution in [0.5, 0.6) is 0 Å². The third kappa shape index (κ3) is 6.52. The third-order valence-corrected chi connectivity index (χ3v) is 3.56. The highest BCUT2D eigenvalue weighted by atomic mass is 16.4. The highest BCUT2D eigenvalue weighted by Crippen LogP contribution is 2.14. The number of aliphatic hydroxyl groups excluding tert-OH is 10. The van der Waals surface area contributed by atoms with Crippen molar-refractivity contribution < 1.29 is 51.1 Å². The third-order valence-electron chi connectivity index (χ3n) is 3.56. The maximum absolute atomic E-state index is 9.75. The molecule has 0 aromatic carbocycles. The standard InChI is InChI=1S/C12H27NO10/c13-4(8(19)12(23)11(22)7(18)3-15)1-5(16)9(20)10(21)6(17)2-14/h4-12,14-23H,1-3,13H2/t4?,5?,6-,7-,8?,9+,10-,11-,12+/m1/s1. The number of rotatable bonds is 11. The number of aliphatic hydroxyl groups is 10. The molecule has 11 nitrogen and oxygen atoms in total. The lowest BCUT2D eigenvalue weighted by Crippen LogP contribution is -2.54. The van der Waals surface area contributed by atoms with E-state index in [0.29, 0.717) is 0 Å². The fourth-order valence-electron chi connectivity index (χ4n) is 1.91. The van der Waals surface area contributed by atoms with Gasteiger partial charge in [0, 0.05) is 6.04 Å². The second-order valence-corrected chi connectivity index (χ2v) is 5.42. The van der Waals surface area contributed by atoms with Crippen LogP contribution in [0.1, 0.15) is 6.42 Å². The molecule has 0 heterocycles. The van der Waals surface area contributed by atoms with Gasteiger partial charge in [-0.25, -0.2) is 0 Å². The van der Waals surface area contributed by atoms with Gasteiger partial charge in [0.15, 0.2) is 0 Å². The molecule has 0 amide bonds. The highest BCUT2D eigenvalue weighted by Gasteiger charge is 2.36. The Balaban J connectivity index is 4.63. The molecule has 0 aliphatic carbocycles. The minimum atomic E-state index is -1.94. The average Bonchev–Trinajstić information content (AvgIpc) is 2.56. The van der Waals surface area contributed by atoms with E-state index >= 15 is 0 Å². The van der Waals surface area contributed by atoms with Crippen molar-refractivity contribution in [2.45, 2.75) is 61.3 Å².